The minimum absolute atomic E-state index is 0.0758. The van der Waals surface area contributed by atoms with Crippen molar-refractivity contribution in [1.82, 2.24) is 5.32 Å². The van der Waals surface area contributed by atoms with Crippen LogP contribution < -0.4 is 15.4 Å². The van der Waals surface area contributed by atoms with E-state index in [2.05, 4.69) is 10.6 Å². The van der Waals surface area contributed by atoms with Gasteiger partial charge in [-0.25, -0.2) is 4.79 Å². The molecule has 1 rings (SSSR count). The number of hydrogen-bond donors (Lipinski definition) is 3. The van der Waals surface area contributed by atoms with Crippen LogP contribution in [0.15, 0.2) is 23.1 Å². The molecule has 0 bridgehead atoms. The average Bonchev–Trinajstić information content (AvgIpc) is 2.38. The van der Waals surface area contributed by atoms with Crippen molar-refractivity contribution in [2.45, 2.75) is 11.3 Å². The third-order valence-electron chi connectivity index (χ3n) is 2.28. The predicted octanol–water partition coefficient (Wildman–Crippen LogP) is 2.01. The van der Waals surface area contributed by atoms with E-state index in [9.17, 15) is 9.59 Å². The number of benzene rings is 1. The lowest BCUT2D eigenvalue weighted by Gasteiger charge is -2.11. The van der Waals surface area contributed by atoms with E-state index in [4.69, 9.17) is 9.84 Å². The molecule has 0 unspecified atom stereocenters. The van der Waals surface area contributed by atoms with Crippen LogP contribution in [0.5, 0.6) is 5.75 Å². The summed E-state index contributed by atoms with van der Waals surface area (Å²) in [6, 6.07) is 4.95. The highest BCUT2D eigenvalue weighted by Crippen LogP contribution is 2.29. The Morgan fingerprint density at radius 3 is 2.74 bits per heavy atom. The number of methoxy groups -OCH3 is 1. The van der Waals surface area contributed by atoms with E-state index in [0.29, 0.717) is 11.4 Å². The van der Waals surface area contributed by atoms with Gasteiger partial charge in [0.05, 0.1) is 19.2 Å². The first-order valence-corrected chi connectivity index (χ1v) is 6.78. The van der Waals surface area contributed by atoms with Crippen LogP contribution in [0, 0.1) is 0 Å². The molecule has 0 heterocycles. The molecule has 0 fully saturated rings. The van der Waals surface area contributed by atoms with Crippen molar-refractivity contribution in [3.05, 3.63) is 18.2 Å². The Balaban J connectivity index is 2.60. The van der Waals surface area contributed by atoms with Gasteiger partial charge in [0.2, 0.25) is 0 Å². The summed E-state index contributed by atoms with van der Waals surface area (Å²) in [6.45, 7) is 0.0758. The second-order valence-corrected chi connectivity index (χ2v) is 4.47. The fraction of sp³-hybridized carbons (Fsp3) is 0.333. The van der Waals surface area contributed by atoms with E-state index < -0.39 is 12.0 Å². The highest BCUT2D eigenvalue weighted by Gasteiger charge is 2.08. The Morgan fingerprint density at radius 1 is 1.42 bits per heavy atom. The second kappa shape index (κ2) is 7.52. The Labute approximate surface area is 115 Å². The summed E-state index contributed by atoms with van der Waals surface area (Å²) in [6.07, 6.45) is 1.83. The molecule has 0 aliphatic carbocycles. The van der Waals surface area contributed by atoms with Crippen molar-refractivity contribution in [3.8, 4) is 5.75 Å². The third-order valence-corrected chi connectivity index (χ3v) is 3.01. The number of carbonyl (C=O) groups is 2. The summed E-state index contributed by atoms with van der Waals surface area (Å²) in [5, 5.41) is 13.5. The van der Waals surface area contributed by atoms with E-state index >= 15 is 0 Å². The Bertz CT molecular complexity index is 465. The lowest BCUT2D eigenvalue weighted by molar-refractivity contribution is -0.136. The maximum absolute atomic E-state index is 11.5. The number of aliphatic carboxylic acids is 1. The van der Waals surface area contributed by atoms with Crippen LogP contribution in [0.2, 0.25) is 0 Å². The largest absolute Gasteiger partial charge is 0.495 e. The molecular formula is C12H16N2O4S. The standard InChI is InChI=1S/C12H16N2O4S/c1-18-10-7-8(19-2)3-4-9(10)14-12(17)13-6-5-11(15)16/h3-4,7H,5-6H2,1-2H3,(H,15,16)(H2,13,14,17). The van der Waals surface area contributed by atoms with Gasteiger partial charge in [-0.3, -0.25) is 4.79 Å². The van der Waals surface area contributed by atoms with E-state index in [1.54, 1.807) is 17.8 Å². The monoisotopic (exact) mass is 284 g/mol. The number of amides is 2. The first kappa shape index (κ1) is 15.2. The number of carboxylic acids is 1. The van der Waals surface area contributed by atoms with Gasteiger partial charge in [-0.2, -0.15) is 0 Å². The second-order valence-electron chi connectivity index (χ2n) is 3.59. The fourth-order valence-electron chi connectivity index (χ4n) is 1.35. The van der Waals surface area contributed by atoms with Crippen molar-refractivity contribution in [2.75, 3.05) is 25.2 Å². The lowest BCUT2D eigenvalue weighted by Crippen LogP contribution is -2.30. The number of urea groups is 1. The smallest absolute Gasteiger partial charge is 0.319 e. The van der Waals surface area contributed by atoms with Gasteiger partial charge in [0, 0.05) is 11.4 Å². The molecule has 104 valence electrons. The molecule has 6 nitrogen and oxygen atoms in total. The molecule has 0 saturated heterocycles. The quantitative estimate of drug-likeness (QED) is 0.696. The van der Waals surface area contributed by atoms with Crippen LogP contribution in [0.1, 0.15) is 6.42 Å². The normalized spacial score (nSPS) is 9.79. The van der Waals surface area contributed by atoms with Crippen LogP contribution in [-0.2, 0) is 4.79 Å². The summed E-state index contributed by atoms with van der Waals surface area (Å²) in [4.78, 5) is 22.9. The summed E-state index contributed by atoms with van der Waals surface area (Å²) in [5.41, 5.74) is 0.535. The minimum Gasteiger partial charge on any atom is -0.495 e. The summed E-state index contributed by atoms with van der Waals surface area (Å²) >= 11 is 1.57. The number of nitrogens with one attached hydrogen (secondary N) is 2. The van der Waals surface area contributed by atoms with Crippen molar-refractivity contribution in [1.29, 1.82) is 0 Å². The number of carbonyl (C=O) groups excluding carboxylic acids is 1. The SMILES string of the molecule is COc1cc(SC)ccc1NC(=O)NCCC(=O)O. The van der Waals surface area contributed by atoms with Gasteiger partial charge >= 0.3 is 12.0 Å². The number of carboxylic acid groups (broad SMARTS) is 1. The number of rotatable bonds is 6. The summed E-state index contributed by atoms with van der Waals surface area (Å²) in [7, 11) is 1.52. The molecule has 0 atom stereocenters. The maximum atomic E-state index is 11.5. The Kier molecular flexibility index (Phi) is 6.01. The Hall–Kier alpha value is -1.89. The Morgan fingerprint density at radius 2 is 2.16 bits per heavy atom. The maximum Gasteiger partial charge on any atom is 0.319 e. The lowest BCUT2D eigenvalue weighted by atomic mass is 10.3. The molecule has 1 aromatic rings. The van der Waals surface area contributed by atoms with E-state index in [1.165, 1.54) is 7.11 Å². The first-order valence-electron chi connectivity index (χ1n) is 5.55. The number of ether oxygens (including phenoxy) is 1. The van der Waals surface area contributed by atoms with Crippen LogP contribution >= 0.6 is 11.8 Å². The molecular weight excluding hydrogens is 268 g/mol. The zero-order valence-corrected chi connectivity index (χ0v) is 11.5. The van der Waals surface area contributed by atoms with Crippen molar-refractivity contribution in [2.24, 2.45) is 0 Å². The van der Waals surface area contributed by atoms with Crippen LogP contribution in [0.4, 0.5) is 10.5 Å². The average molecular weight is 284 g/mol. The van der Waals surface area contributed by atoms with E-state index in [0.717, 1.165) is 4.90 Å². The van der Waals surface area contributed by atoms with Crippen molar-refractivity contribution in [3.63, 3.8) is 0 Å². The van der Waals surface area contributed by atoms with E-state index in [1.807, 2.05) is 18.4 Å². The first-order chi connectivity index (χ1) is 9.06. The molecule has 0 spiro atoms. The van der Waals surface area contributed by atoms with Gasteiger partial charge in [0.1, 0.15) is 5.75 Å². The zero-order chi connectivity index (χ0) is 14.3. The molecule has 3 N–H and O–H groups in total. The summed E-state index contributed by atoms with van der Waals surface area (Å²) < 4.78 is 5.18. The van der Waals surface area contributed by atoms with Crippen LogP contribution in [-0.4, -0.2) is 37.0 Å². The molecule has 2 amide bonds. The topological polar surface area (TPSA) is 87.7 Å². The van der Waals surface area contributed by atoms with Crippen LogP contribution in [0.25, 0.3) is 0 Å². The predicted molar refractivity (Wildman–Crippen MR) is 74.0 cm³/mol. The van der Waals surface area contributed by atoms with E-state index in [-0.39, 0.29) is 13.0 Å². The minimum atomic E-state index is -0.956. The number of hydrogen-bond acceptors (Lipinski definition) is 4. The molecule has 7 heteroatoms. The van der Waals surface area contributed by atoms with Crippen molar-refractivity contribution < 1.29 is 19.4 Å². The highest BCUT2D eigenvalue weighted by atomic mass is 32.2. The van der Waals surface area contributed by atoms with Crippen molar-refractivity contribution >= 4 is 29.4 Å². The fourth-order valence-corrected chi connectivity index (χ4v) is 1.78. The molecule has 19 heavy (non-hydrogen) atoms. The van der Waals surface area contributed by atoms with Gasteiger partial charge in [-0.1, -0.05) is 0 Å². The molecule has 0 aliphatic heterocycles. The van der Waals surface area contributed by atoms with Gasteiger partial charge in [0.15, 0.2) is 0 Å². The third kappa shape index (κ3) is 5.09. The number of thioether (sulfide) groups is 1. The van der Waals surface area contributed by atoms with Gasteiger partial charge < -0.3 is 20.5 Å². The highest BCUT2D eigenvalue weighted by molar-refractivity contribution is 7.98. The molecule has 0 radical (unpaired) electrons. The molecule has 0 aromatic heterocycles. The number of anilines is 1. The molecule has 0 saturated carbocycles. The summed E-state index contributed by atoms with van der Waals surface area (Å²) in [5.74, 6) is -0.401. The molecule has 0 aliphatic rings. The van der Waals surface area contributed by atoms with Crippen LogP contribution in [0.3, 0.4) is 0 Å². The molecule has 1 aromatic carbocycles. The van der Waals surface area contributed by atoms with Gasteiger partial charge in [-0.15, -0.1) is 11.8 Å². The zero-order valence-electron chi connectivity index (χ0n) is 10.7. The van der Waals surface area contributed by atoms with Gasteiger partial charge in [0.25, 0.3) is 0 Å². The van der Waals surface area contributed by atoms with Gasteiger partial charge in [-0.05, 0) is 24.5 Å².